The van der Waals surface area contributed by atoms with E-state index < -0.39 is 0 Å². The van der Waals surface area contributed by atoms with E-state index in [1.165, 1.54) is 43.2 Å². The molecule has 1 heterocycles. The molecule has 27 heavy (non-hydrogen) atoms. The maximum absolute atomic E-state index is 12.7. The van der Waals surface area contributed by atoms with Crippen LogP contribution in [0.1, 0.15) is 62.1 Å². The first-order valence-corrected chi connectivity index (χ1v) is 10.9. The third-order valence-corrected chi connectivity index (χ3v) is 6.45. The Balaban J connectivity index is 2.06. The second-order valence-corrected chi connectivity index (χ2v) is 8.90. The van der Waals surface area contributed by atoms with Crippen LogP contribution in [0.3, 0.4) is 0 Å². The molecule has 1 N–H and O–H groups in total. The Morgan fingerprint density at radius 2 is 1.74 bits per heavy atom. The second kappa shape index (κ2) is 8.96. The molecule has 0 unspecified atom stereocenters. The van der Waals surface area contributed by atoms with E-state index in [2.05, 4.69) is 44.0 Å². The topological polar surface area (TPSA) is 54.9 Å². The summed E-state index contributed by atoms with van der Waals surface area (Å²) in [7, 11) is 0. The van der Waals surface area contributed by atoms with E-state index in [1.54, 1.807) is 11.8 Å². The zero-order valence-corrected chi connectivity index (χ0v) is 17.5. The van der Waals surface area contributed by atoms with Gasteiger partial charge in [0.25, 0.3) is 5.56 Å². The molecule has 1 fully saturated rings. The third kappa shape index (κ3) is 4.95. The van der Waals surface area contributed by atoms with E-state index in [9.17, 15) is 9.59 Å². The summed E-state index contributed by atoms with van der Waals surface area (Å²) in [5, 5.41) is 0.834. The molecule has 3 rings (SSSR count). The van der Waals surface area contributed by atoms with Crippen molar-refractivity contribution in [3.8, 4) is 0 Å². The Labute approximate surface area is 165 Å². The summed E-state index contributed by atoms with van der Waals surface area (Å²) in [6, 6.07) is 6.40. The smallest absolute Gasteiger partial charge is 0.287 e. The first kappa shape index (κ1) is 20.0. The lowest BCUT2D eigenvalue weighted by molar-refractivity contribution is 0.305. The predicted molar refractivity (Wildman–Crippen MR) is 112 cm³/mol. The van der Waals surface area contributed by atoms with Gasteiger partial charge in [-0.3, -0.25) is 14.3 Å². The van der Waals surface area contributed by atoms with Gasteiger partial charge >= 0.3 is 5.69 Å². The van der Waals surface area contributed by atoms with Crippen LogP contribution in [0.5, 0.6) is 0 Å². The number of aromatic amines is 1. The summed E-state index contributed by atoms with van der Waals surface area (Å²) in [6.07, 6.45) is 7.68. The summed E-state index contributed by atoms with van der Waals surface area (Å²) in [4.78, 5) is 28.9. The summed E-state index contributed by atoms with van der Waals surface area (Å²) in [5.74, 6) is 0.524. The largest absolute Gasteiger partial charge is 0.329 e. The standard InChI is InChI=1S/C22H30N2O2S/c1-4-8-19-20(25)23-22(26)24(14-17-9-6-5-7-10-17)21(19)27-18-12-15(2)11-16(3)13-18/h11-13,17H,4-10,14H2,1-3H3,(H,23,25,26). The molecular weight excluding hydrogens is 356 g/mol. The molecule has 5 heteroatoms. The lowest BCUT2D eigenvalue weighted by Crippen LogP contribution is -2.35. The highest BCUT2D eigenvalue weighted by Gasteiger charge is 2.20. The number of aryl methyl sites for hydroxylation is 2. The molecule has 1 aliphatic rings. The minimum atomic E-state index is -0.266. The van der Waals surface area contributed by atoms with Crippen molar-refractivity contribution in [3.05, 3.63) is 55.7 Å². The Morgan fingerprint density at radius 1 is 1.07 bits per heavy atom. The molecular formula is C22H30N2O2S. The van der Waals surface area contributed by atoms with E-state index in [0.29, 0.717) is 18.9 Å². The van der Waals surface area contributed by atoms with Gasteiger partial charge in [-0.1, -0.05) is 50.4 Å². The van der Waals surface area contributed by atoms with Crippen LogP contribution in [0.15, 0.2) is 37.7 Å². The zero-order valence-electron chi connectivity index (χ0n) is 16.6. The fourth-order valence-electron chi connectivity index (χ4n) is 4.08. The average Bonchev–Trinajstić information content (AvgIpc) is 2.61. The lowest BCUT2D eigenvalue weighted by atomic mass is 9.89. The van der Waals surface area contributed by atoms with Crippen molar-refractivity contribution >= 4 is 11.8 Å². The normalized spacial score (nSPS) is 15.2. The van der Waals surface area contributed by atoms with Crippen molar-refractivity contribution in [3.63, 3.8) is 0 Å². The number of hydrogen-bond acceptors (Lipinski definition) is 3. The molecule has 0 saturated heterocycles. The van der Waals surface area contributed by atoms with Crippen molar-refractivity contribution in [2.45, 2.75) is 82.2 Å². The van der Waals surface area contributed by atoms with E-state index >= 15 is 0 Å². The number of benzene rings is 1. The van der Waals surface area contributed by atoms with Gasteiger partial charge in [0.2, 0.25) is 0 Å². The Morgan fingerprint density at radius 3 is 2.37 bits per heavy atom. The molecule has 0 aliphatic heterocycles. The van der Waals surface area contributed by atoms with Crippen molar-refractivity contribution in [1.29, 1.82) is 0 Å². The number of H-pyrrole nitrogens is 1. The summed E-state index contributed by atoms with van der Waals surface area (Å²) in [6.45, 7) is 6.94. The van der Waals surface area contributed by atoms with E-state index in [0.717, 1.165) is 21.9 Å². The lowest BCUT2D eigenvalue weighted by Gasteiger charge is -2.24. The van der Waals surface area contributed by atoms with Gasteiger partial charge in [-0.05, 0) is 62.3 Å². The molecule has 2 aromatic rings. The average molecular weight is 387 g/mol. The Hall–Kier alpha value is -1.75. The van der Waals surface area contributed by atoms with E-state index in [1.807, 2.05) is 4.57 Å². The van der Waals surface area contributed by atoms with Crippen LogP contribution >= 0.6 is 11.8 Å². The van der Waals surface area contributed by atoms with Gasteiger partial charge in [-0.15, -0.1) is 0 Å². The summed E-state index contributed by atoms with van der Waals surface area (Å²) >= 11 is 1.57. The van der Waals surface area contributed by atoms with Crippen molar-refractivity contribution in [2.75, 3.05) is 0 Å². The fourth-order valence-corrected chi connectivity index (χ4v) is 5.38. The second-order valence-electron chi connectivity index (χ2n) is 7.83. The molecule has 0 spiro atoms. The van der Waals surface area contributed by atoms with Gasteiger partial charge in [0.1, 0.15) is 0 Å². The van der Waals surface area contributed by atoms with Crippen LogP contribution < -0.4 is 11.2 Å². The molecule has 4 nitrogen and oxygen atoms in total. The molecule has 1 saturated carbocycles. The van der Waals surface area contributed by atoms with Gasteiger partial charge in [-0.2, -0.15) is 0 Å². The zero-order chi connectivity index (χ0) is 19.4. The van der Waals surface area contributed by atoms with E-state index in [-0.39, 0.29) is 11.2 Å². The highest BCUT2D eigenvalue weighted by Crippen LogP contribution is 2.32. The number of aromatic nitrogens is 2. The molecule has 1 aromatic heterocycles. The first-order chi connectivity index (χ1) is 13.0. The molecule has 146 valence electrons. The number of hydrogen-bond donors (Lipinski definition) is 1. The van der Waals surface area contributed by atoms with Gasteiger partial charge in [0.05, 0.1) is 5.03 Å². The van der Waals surface area contributed by atoms with Gasteiger partial charge in [0, 0.05) is 17.0 Å². The van der Waals surface area contributed by atoms with Crippen LogP contribution in [0.25, 0.3) is 0 Å². The number of rotatable bonds is 6. The first-order valence-electron chi connectivity index (χ1n) is 10.1. The highest BCUT2D eigenvalue weighted by atomic mass is 32.2. The maximum atomic E-state index is 12.7. The fraction of sp³-hybridized carbons (Fsp3) is 0.545. The van der Waals surface area contributed by atoms with Crippen molar-refractivity contribution in [1.82, 2.24) is 9.55 Å². The number of nitrogens with zero attached hydrogens (tertiary/aromatic N) is 1. The van der Waals surface area contributed by atoms with Crippen molar-refractivity contribution < 1.29 is 0 Å². The quantitative estimate of drug-likeness (QED) is 0.723. The van der Waals surface area contributed by atoms with Crippen LogP contribution in [0, 0.1) is 19.8 Å². The molecule has 0 radical (unpaired) electrons. The molecule has 0 atom stereocenters. The summed E-state index contributed by atoms with van der Waals surface area (Å²) < 4.78 is 1.84. The van der Waals surface area contributed by atoms with Crippen LogP contribution in [-0.2, 0) is 13.0 Å². The maximum Gasteiger partial charge on any atom is 0.329 e. The van der Waals surface area contributed by atoms with Gasteiger partial charge in [-0.25, -0.2) is 4.79 Å². The molecule has 0 amide bonds. The van der Waals surface area contributed by atoms with Crippen LogP contribution in [0.4, 0.5) is 0 Å². The molecule has 0 bridgehead atoms. The summed E-state index contributed by atoms with van der Waals surface area (Å²) in [5.41, 5.74) is 2.64. The van der Waals surface area contributed by atoms with Crippen LogP contribution in [0.2, 0.25) is 0 Å². The Kier molecular flexibility index (Phi) is 6.64. The molecule has 1 aliphatic carbocycles. The minimum Gasteiger partial charge on any atom is -0.287 e. The third-order valence-electron chi connectivity index (χ3n) is 5.32. The number of nitrogens with one attached hydrogen (secondary N) is 1. The molecule has 1 aromatic carbocycles. The SMILES string of the molecule is CCCc1c(Sc2cc(C)cc(C)c2)n(CC2CCCCC2)c(=O)[nH]c1=O. The minimum absolute atomic E-state index is 0.228. The van der Waals surface area contributed by atoms with Gasteiger partial charge < -0.3 is 0 Å². The highest BCUT2D eigenvalue weighted by molar-refractivity contribution is 7.99. The predicted octanol–water partition coefficient (Wildman–Crippen LogP) is 4.84. The monoisotopic (exact) mass is 386 g/mol. The van der Waals surface area contributed by atoms with Gasteiger partial charge in [0.15, 0.2) is 0 Å². The van der Waals surface area contributed by atoms with E-state index in [4.69, 9.17) is 0 Å². The van der Waals surface area contributed by atoms with Crippen LogP contribution in [-0.4, -0.2) is 9.55 Å². The Bertz CT molecular complexity index is 887. The van der Waals surface area contributed by atoms with Crippen molar-refractivity contribution in [2.24, 2.45) is 5.92 Å².